The molecule has 4 unspecified atom stereocenters. The summed E-state index contributed by atoms with van der Waals surface area (Å²) < 4.78 is 5.61. The zero-order valence-electron chi connectivity index (χ0n) is 29.1. The lowest BCUT2D eigenvalue weighted by atomic mass is 10.00. The van der Waals surface area contributed by atoms with Gasteiger partial charge in [-0.2, -0.15) is 0 Å². The van der Waals surface area contributed by atoms with Crippen molar-refractivity contribution in [3.63, 3.8) is 0 Å². The third-order valence-corrected chi connectivity index (χ3v) is 7.87. The highest BCUT2D eigenvalue weighted by Crippen LogP contribution is 2.18. The van der Waals surface area contributed by atoms with Gasteiger partial charge in [0.05, 0.1) is 43.7 Å². The molecular weight excluding hydrogens is 590 g/mol. The first-order chi connectivity index (χ1) is 21.7. The fourth-order valence-corrected chi connectivity index (χ4v) is 5.22. The van der Waals surface area contributed by atoms with Gasteiger partial charge in [-0.25, -0.2) is 0 Å². The number of carbonyl (C=O) groups is 5. The maximum absolute atomic E-state index is 13.3. The minimum absolute atomic E-state index is 0.0381. The van der Waals surface area contributed by atoms with Crippen LogP contribution >= 0.6 is 0 Å². The minimum atomic E-state index is -0.680. The predicted molar refractivity (Wildman–Crippen MR) is 180 cm³/mol. The fourth-order valence-electron chi connectivity index (χ4n) is 5.22. The van der Waals surface area contributed by atoms with Gasteiger partial charge in [-0.15, -0.1) is 0 Å². The summed E-state index contributed by atoms with van der Waals surface area (Å²) in [7, 11) is 5.06. The van der Waals surface area contributed by atoms with Crippen LogP contribution in [0.25, 0.3) is 0 Å². The molecule has 6 N–H and O–H groups in total. The molecule has 260 valence electrons. The van der Waals surface area contributed by atoms with E-state index in [0.717, 1.165) is 12.0 Å². The van der Waals surface area contributed by atoms with E-state index < -0.39 is 18.2 Å². The number of amides is 5. The molecule has 13 nitrogen and oxygen atoms in total. The number of nitrogens with one attached hydrogen (secondary N) is 4. The normalized spacial score (nSPS) is 13.9. The van der Waals surface area contributed by atoms with E-state index in [1.807, 2.05) is 65.6 Å². The number of benzene rings is 1. The van der Waals surface area contributed by atoms with Crippen molar-refractivity contribution >= 4 is 35.2 Å². The molecule has 0 bridgehead atoms. The number of anilines is 1. The fraction of sp³-hybridized carbons (Fsp3) is 0.667. The molecule has 4 atom stereocenters. The van der Waals surface area contributed by atoms with Crippen LogP contribution in [0, 0.1) is 11.8 Å². The Kier molecular flexibility index (Phi) is 18.1. The predicted octanol–water partition coefficient (Wildman–Crippen LogP) is 1.47. The van der Waals surface area contributed by atoms with Gasteiger partial charge in [-0.05, 0) is 49.9 Å². The van der Waals surface area contributed by atoms with E-state index in [0.29, 0.717) is 25.2 Å². The van der Waals surface area contributed by atoms with Crippen molar-refractivity contribution in [2.45, 2.75) is 91.6 Å². The molecule has 1 aromatic carbocycles. The van der Waals surface area contributed by atoms with Gasteiger partial charge in [0.1, 0.15) is 0 Å². The molecule has 0 aliphatic carbocycles. The van der Waals surface area contributed by atoms with Crippen LogP contribution in [0.3, 0.4) is 0 Å². The third kappa shape index (κ3) is 13.4. The van der Waals surface area contributed by atoms with Crippen molar-refractivity contribution in [1.29, 1.82) is 0 Å². The first kappa shape index (κ1) is 40.5. The number of hydrogen-bond acceptors (Lipinski definition) is 8. The lowest BCUT2D eigenvalue weighted by molar-refractivity contribution is -0.138. The van der Waals surface area contributed by atoms with Gasteiger partial charge in [0.25, 0.3) is 0 Å². The quantitative estimate of drug-likeness (QED) is 0.141. The zero-order valence-corrected chi connectivity index (χ0v) is 29.1. The molecule has 5 amide bonds. The number of hydrogen-bond donors (Lipinski definition) is 5. The van der Waals surface area contributed by atoms with Crippen LogP contribution in [0.1, 0.15) is 66.4 Å². The largest absolute Gasteiger partial charge is 0.379 e. The summed E-state index contributed by atoms with van der Waals surface area (Å²) in [4.78, 5) is 66.5. The van der Waals surface area contributed by atoms with Crippen molar-refractivity contribution in [3.8, 4) is 0 Å². The van der Waals surface area contributed by atoms with E-state index in [1.165, 1.54) is 7.11 Å². The van der Waals surface area contributed by atoms with E-state index in [-0.39, 0.29) is 66.9 Å². The lowest BCUT2D eigenvalue weighted by Gasteiger charge is -2.34. The number of rotatable bonds is 20. The van der Waals surface area contributed by atoms with Gasteiger partial charge >= 0.3 is 0 Å². The average Bonchev–Trinajstić information content (AvgIpc) is 3.00. The average molecular weight is 648 g/mol. The van der Waals surface area contributed by atoms with Crippen LogP contribution in [-0.2, 0) is 35.3 Å². The number of carbonyl (C=O) groups excluding carboxylic acids is 5. The summed E-state index contributed by atoms with van der Waals surface area (Å²) in [5, 5.41) is 10.9. The molecule has 0 spiro atoms. The Bertz CT molecular complexity index is 1130. The monoisotopic (exact) mass is 647 g/mol. The minimum Gasteiger partial charge on any atom is -0.379 e. The number of nitrogens with zero attached hydrogens (tertiary/aromatic N) is 2. The van der Waals surface area contributed by atoms with Gasteiger partial charge < -0.3 is 36.6 Å². The first-order valence-electron chi connectivity index (χ1n) is 16.1. The SMILES string of the molecule is CCCC(C(CC(=O)NCC)OC)N(C)C(=O)CNC(=O)C(C(C)C)N(C)Cc1ccc(NC(=O)CNC(=O)C(N)C(C)C)cc1. The van der Waals surface area contributed by atoms with Crippen molar-refractivity contribution in [3.05, 3.63) is 29.8 Å². The second-order valence-corrected chi connectivity index (χ2v) is 12.3. The van der Waals surface area contributed by atoms with E-state index in [2.05, 4.69) is 21.3 Å². The first-order valence-corrected chi connectivity index (χ1v) is 16.1. The summed E-state index contributed by atoms with van der Waals surface area (Å²) in [6, 6.07) is 5.72. The van der Waals surface area contributed by atoms with Crippen LogP contribution in [0.4, 0.5) is 5.69 Å². The highest BCUT2D eigenvalue weighted by Gasteiger charge is 2.31. The van der Waals surface area contributed by atoms with E-state index in [1.54, 1.807) is 24.1 Å². The van der Waals surface area contributed by atoms with Crippen LogP contribution in [0.5, 0.6) is 0 Å². The Morgan fingerprint density at radius 1 is 0.848 bits per heavy atom. The third-order valence-electron chi connectivity index (χ3n) is 7.87. The second kappa shape index (κ2) is 20.5. The van der Waals surface area contributed by atoms with Gasteiger partial charge in [0.2, 0.25) is 29.5 Å². The van der Waals surface area contributed by atoms with Crippen molar-refractivity contribution in [2.75, 3.05) is 46.2 Å². The number of methoxy groups -OCH3 is 1. The Morgan fingerprint density at radius 2 is 1.46 bits per heavy atom. The van der Waals surface area contributed by atoms with Gasteiger partial charge in [-0.3, -0.25) is 28.9 Å². The van der Waals surface area contributed by atoms with Gasteiger partial charge in [-0.1, -0.05) is 53.2 Å². The van der Waals surface area contributed by atoms with Crippen molar-refractivity contribution < 1.29 is 28.7 Å². The van der Waals surface area contributed by atoms with E-state index in [4.69, 9.17) is 10.5 Å². The molecule has 0 heterocycles. The molecule has 1 rings (SSSR count). The molecule has 0 aromatic heterocycles. The Hall–Kier alpha value is -3.55. The highest BCUT2D eigenvalue weighted by molar-refractivity contribution is 5.95. The molecule has 13 heteroatoms. The number of likely N-dealkylation sites (N-methyl/N-ethyl adjacent to an activating group) is 2. The second-order valence-electron chi connectivity index (χ2n) is 12.3. The molecule has 1 aromatic rings. The molecular formula is C33H57N7O6. The van der Waals surface area contributed by atoms with Crippen molar-refractivity contribution in [2.24, 2.45) is 17.6 Å². The van der Waals surface area contributed by atoms with Gasteiger partial charge in [0.15, 0.2) is 0 Å². The molecule has 46 heavy (non-hydrogen) atoms. The summed E-state index contributed by atoms with van der Waals surface area (Å²) >= 11 is 0. The summed E-state index contributed by atoms with van der Waals surface area (Å²) in [5.41, 5.74) is 7.30. The molecule has 0 aliphatic rings. The van der Waals surface area contributed by atoms with Crippen LogP contribution in [-0.4, -0.2) is 104 Å². The highest BCUT2D eigenvalue weighted by atomic mass is 16.5. The summed E-state index contributed by atoms with van der Waals surface area (Å²) in [6.07, 6.45) is 1.11. The topological polar surface area (TPSA) is 175 Å². The van der Waals surface area contributed by atoms with Crippen LogP contribution in [0.2, 0.25) is 0 Å². The molecule has 0 radical (unpaired) electrons. The lowest BCUT2D eigenvalue weighted by Crippen LogP contribution is -2.53. The maximum atomic E-state index is 13.3. The van der Waals surface area contributed by atoms with E-state index in [9.17, 15) is 24.0 Å². The summed E-state index contributed by atoms with van der Waals surface area (Å²) in [5.74, 6) is -1.50. The molecule has 0 saturated heterocycles. The molecule has 0 aliphatic heterocycles. The maximum Gasteiger partial charge on any atom is 0.243 e. The molecule has 0 saturated carbocycles. The van der Waals surface area contributed by atoms with E-state index >= 15 is 0 Å². The van der Waals surface area contributed by atoms with Crippen molar-refractivity contribution in [1.82, 2.24) is 25.8 Å². The smallest absolute Gasteiger partial charge is 0.243 e. The van der Waals surface area contributed by atoms with Crippen LogP contribution < -0.4 is 27.0 Å². The number of nitrogens with two attached hydrogens (primary N) is 1. The Labute approximate surface area is 274 Å². The number of ether oxygens (including phenoxy) is 1. The van der Waals surface area contributed by atoms with Crippen LogP contribution in [0.15, 0.2) is 24.3 Å². The zero-order chi connectivity index (χ0) is 35.0. The molecule has 0 fully saturated rings. The van der Waals surface area contributed by atoms with Gasteiger partial charge in [0, 0.05) is 32.9 Å². The summed E-state index contributed by atoms with van der Waals surface area (Å²) in [6.45, 7) is 12.0. The Morgan fingerprint density at radius 3 is 1.98 bits per heavy atom. The Balaban J connectivity index is 2.78. The standard InChI is InChI=1S/C33H57N7O6/c1-10-12-25(26(46-9)17-27(41)35-11-2)40(8)29(43)19-37-33(45)31(22(5)6)39(7)20-23-13-15-24(16-14-23)38-28(42)18-36-32(44)30(34)21(3)4/h13-16,21-22,25-26,30-31H,10-12,17-20,34H2,1-9H3,(H,35,41)(H,36,44)(H,37,45)(H,38,42).